The Balaban J connectivity index is 1.45. The second-order valence-electron chi connectivity index (χ2n) is 10.2. The third kappa shape index (κ3) is 4.27. The van der Waals surface area contributed by atoms with Gasteiger partial charge in [-0.3, -0.25) is 9.59 Å². The van der Waals surface area contributed by atoms with Crippen LogP contribution in [-0.2, 0) is 19.2 Å². The molecular weight excluding hydrogens is 460 g/mol. The lowest BCUT2D eigenvalue weighted by Crippen LogP contribution is -2.62. The van der Waals surface area contributed by atoms with Crippen LogP contribution in [0.15, 0.2) is 10.6 Å². The average molecular weight is 495 g/mol. The minimum absolute atomic E-state index is 0.0144. The number of amides is 2. The molecule has 0 radical (unpaired) electrons. The number of β-lactam (4-membered cyclic amide) rings is 1. The molecule has 0 spiro atoms. The van der Waals surface area contributed by atoms with E-state index in [9.17, 15) is 29.4 Å². The molecule has 4 rings (SSSR count). The molecule has 0 aromatic heterocycles. The first-order chi connectivity index (χ1) is 16.0. The van der Waals surface area contributed by atoms with E-state index in [1.165, 1.54) is 23.6 Å². The van der Waals surface area contributed by atoms with E-state index in [-0.39, 0.29) is 71.0 Å². The molecule has 0 aliphatic carbocycles. The molecule has 0 unspecified atom stereocenters. The molecule has 8 atom stereocenters. The molecule has 34 heavy (non-hydrogen) atoms. The van der Waals surface area contributed by atoms with Crippen molar-refractivity contribution < 1.29 is 29.4 Å². The number of hydrogen-bond donors (Lipinski definition) is 4. The lowest BCUT2D eigenvalue weighted by Gasteiger charge is -2.47. The number of carboxylic acids is 1. The Morgan fingerprint density at radius 2 is 2.00 bits per heavy atom. The molecule has 4 heterocycles. The highest BCUT2D eigenvalue weighted by Crippen LogP contribution is 2.53. The summed E-state index contributed by atoms with van der Waals surface area (Å²) < 4.78 is 0. The maximum absolute atomic E-state index is 13.0. The molecule has 5 N–H and O–H groups in total. The third-order valence-electron chi connectivity index (χ3n) is 7.64. The zero-order valence-electron chi connectivity index (χ0n) is 19.8. The van der Waals surface area contributed by atoms with E-state index in [4.69, 9.17) is 5.73 Å². The summed E-state index contributed by atoms with van der Waals surface area (Å²) in [7, 11) is 0. The van der Waals surface area contributed by atoms with Crippen LogP contribution in [0.4, 0.5) is 0 Å². The number of hydrogen-bond acceptors (Lipinski definition) is 8. The fraction of sp³-hybridized carbons (Fsp3) is 0.739. The van der Waals surface area contributed by atoms with Crippen LogP contribution in [0.1, 0.15) is 40.0 Å². The molecule has 3 fully saturated rings. The molecule has 0 aromatic rings. The van der Waals surface area contributed by atoms with Gasteiger partial charge in [-0.25, -0.2) is 4.79 Å². The van der Waals surface area contributed by atoms with E-state index in [0.717, 1.165) is 0 Å². The zero-order chi connectivity index (χ0) is 24.9. The molecule has 0 saturated carbocycles. The number of aliphatic carboxylic acids is 1. The number of aliphatic hydroxyl groups is 1. The fourth-order valence-electron chi connectivity index (χ4n) is 6.10. The van der Waals surface area contributed by atoms with Crippen molar-refractivity contribution in [2.75, 3.05) is 19.7 Å². The lowest BCUT2D eigenvalue weighted by atomic mass is 9.73. The summed E-state index contributed by atoms with van der Waals surface area (Å²) >= 11 is 1.44. The van der Waals surface area contributed by atoms with Gasteiger partial charge in [-0.15, -0.1) is 11.8 Å². The Morgan fingerprint density at radius 3 is 2.62 bits per heavy atom. The summed E-state index contributed by atoms with van der Waals surface area (Å²) in [5, 5.41) is 22.7. The van der Waals surface area contributed by atoms with Crippen LogP contribution in [0.2, 0.25) is 0 Å². The van der Waals surface area contributed by atoms with E-state index in [1.807, 2.05) is 13.8 Å². The first-order valence-electron chi connectivity index (χ1n) is 11.9. The van der Waals surface area contributed by atoms with Gasteiger partial charge < -0.3 is 35.9 Å². The number of rotatable bonds is 8. The van der Waals surface area contributed by atoms with Gasteiger partial charge in [0.1, 0.15) is 11.5 Å². The van der Waals surface area contributed by atoms with Crippen LogP contribution in [0.25, 0.3) is 0 Å². The van der Waals surface area contributed by atoms with Crippen molar-refractivity contribution in [3.05, 3.63) is 10.6 Å². The van der Waals surface area contributed by atoms with Crippen molar-refractivity contribution in [2.45, 2.75) is 69.5 Å². The monoisotopic (exact) mass is 494 g/mol. The predicted molar refractivity (Wildman–Crippen MR) is 125 cm³/mol. The number of fused-ring (bicyclic) bond motifs is 1. The van der Waals surface area contributed by atoms with Crippen molar-refractivity contribution in [2.24, 2.45) is 23.5 Å². The summed E-state index contributed by atoms with van der Waals surface area (Å²) in [5.74, 6) is -2.08. The Bertz CT molecular complexity index is 925. The van der Waals surface area contributed by atoms with E-state index >= 15 is 0 Å². The molecule has 11 heteroatoms. The van der Waals surface area contributed by atoms with Gasteiger partial charge in [-0.2, -0.15) is 0 Å². The fourth-order valence-corrected chi connectivity index (χ4v) is 7.58. The SMILES string of the molecule is CC(=O)C[C@H](C)[C@H]1C(=O)N2C(C(=O)O)=C(S[C@@H]3CN[C@H](C(=O)N4C[C@@H](N)C[C@H]4CO)C3)[C@H](C)[C@H]12. The largest absolute Gasteiger partial charge is 0.477 e. The number of nitrogens with one attached hydrogen (secondary N) is 1. The number of aliphatic hydroxyl groups excluding tert-OH is 1. The standard InChI is InChI=1S/C23H34N4O6S/c1-10(4-11(2)29)17-18-12(3)20(19(23(32)33)27(18)22(17)31)34-15-6-16(25-7-15)21(30)26-8-13(24)5-14(26)9-28/h10,12-18,25,28H,4-9,24H2,1-3H3,(H,32,33)/t10-,12+,13-,14-,15-,16-,17+,18+/m0/s1. The van der Waals surface area contributed by atoms with Gasteiger partial charge in [-0.1, -0.05) is 13.8 Å². The Labute approximate surface area is 203 Å². The van der Waals surface area contributed by atoms with E-state index < -0.39 is 12.0 Å². The highest BCUT2D eigenvalue weighted by atomic mass is 32.2. The van der Waals surface area contributed by atoms with Gasteiger partial charge in [0, 0.05) is 41.6 Å². The first-order valence-corrected chi connectivity index (χ1v) is 12.8. The van der Waals surface area contributed by atoms with E-state index in [0.29, 0.717) is 37.3 Å². The number of carboxylic acid groups (broad SMARTS) is 1. The number of carbonyl (C=O) groups excluding carboxylic acids is 3. The van der Waals surface area contributed by atoms with Crippen LogP contribution in [-0.4, -0.2) is 92.7 Å². The van der Waals surface area contributed by atoms with Gasteiger partial charge in [-0.05, 0) is 25.7 Å². The van der Waals surface area contributed by atoms with Crippen molar-refractivity contribution in [1.82, 2.24) is 15.1 Å². The first kappa shape index (κ1) is 25.2. The Hall–Kier alpha value is -1.95. The van der Waals surface area contributed by atoms with Gasteiger partial charge in [0.2, 0.25) is 11.8 Å². The molecule has 3 saturated heterocycles. The highest BCUT2D eigenvalue weighted by molar-refractivity contribution is 8.03. The third-order valence-corrected chi connectivity index (χ3v) is 9.15. The van der Waals surface area contributed by atoms with E-state index in [1.54, 1.807) is 4.90 Å². The van der Waals surface area contributed by atoms with Gasteiger partial charge in [0.05, 0.1) is 30.7 Å². The maximum atomic E-state index is 13.0. The number of carbonyl (C=O) groups is 4. The second kappa shape index (κ2) is 9.60. The lowest BCUT2D eigenvalue weighted by molar-refractivity contribution is -0.160. The number of likely N-dealkylation sites (tertiary alicyclic amines) is 1. The number of nitrogens with two attached hydrogens (primary N) is 1. The summed E-state index contributed by atoms with van der Waals surface area (Å²) in [5.41, 5.74) is 6.02. The van der Waals surface area contributed by atoms with Crippen molar-refractivity contribution in [3.63, 3.8) is 0 Å². The molecule has 188 valence electrons. The smallest absolute Gasteiger partial charge is 0.353 e. The van der Waals surface area contributed by atoms with Crippen LogP contribution in [0.3, 0.4) is 0 Å². The summed E-state index contributed by atoms with van der Waals surface area (Å²) in [6.07, 6.45) is 1.40. The second-order valence-corrected chi connectivity index (χ2v) is 11.5. The molecule has 2 amide bonds. The maximum Gasteiger partial charge on any atom is 0.353 e. The van der Waals surface area contributed by atoms with Crippen molar-refractivity contribution >= 4 is 35.3 Å². The minimum atomic E-state index is -1.13. The molecule has 0 bridgehead atoms. The predicted octanol–water partition coefficient (Wildman–Crippen LogP) is -0.241. The summed E-state index contributed by atoms with van der Waals surface area (Å²) in [6, 6.07) is -1.07. The van der Waals surface area contributed by atoms with Crippen LogP contribution in [0.5, 0.6) is 0 Å². The topological polar surface area (TPSA) is 153 Å². The molecule has 4 aliphatic rings. The highest BCUT2D eigenvalue weighted by Gasteiger charge is 2.60. The van der Waals surface area contributed by atoms with Gasteiger partial charge in [0.15, 0.2) is 0 Å². The van der Waals surface area contributed by atoms with Crippen LogP contribution < -0.4 is 11.1 Å². The van der Waals surface area contributed by atoms with Crippen LogP contribution >= 0.6 is 11.8 Å². The molecular formula is C23H34N4O6S. The normalized spacial score (nSPS) is 36.0. The van der Waals surface area contributed by atoms with Crippen molar-refractivity contribution in [1.29, 1.82) is 0 Å². The van der Waals surface area contributed by atoms with Gasteiger partial charge >= 0.3 is 5.97 Å². The number of Topliss-reactive ketones (excluding diaryl/α,β-unsaturated/α-hetero) is 1. The quantitative estimate of drug-likeness (QED) is 0.335. The van der Waals surface area contributed by atoms with Crippen LogP contribution in [0, 0.1) is 17.8 Å². The average Bonchev–Trinajstić information content (AvgIpc) is 3.43. The number of nitrogens with zero attached hydrogens (tertiary/aromatic N) is 2. The Morgan fingerprint density at radius 1 is 1.29 bits per heavy atom. The Kier molecular flexibility index (Phi) is 7.10. The molecule has 0 aromatic carbocycles. The minimum Gasteiger partial charge on any atom is -0.477 e. The number of ketones is 1. The van der Waals surface area contributed by atoms with E-state index in [2.05, 4.69) is 5.32 Å². The number of thioether (sulfide) groups is 1. The zero-order valence-corrected chi connectivity index (χ0v) is 20.6. The molecule has 10 nitrogen and oxygen atoms in total. The summed E-state index contributed by atoms with van der Waals surface area (Å²) in [4.78, 5) is 53.4. The molecule has 4 aliphatic heterocycles. The summed E-state index contributed by atoms with van der Waals surface area (Å²) in [6.45, 7) is 6.16. The van der Waals surface area contributed by atoms with Gasteiger partial charge in [0.25, 0.3) is 0 Å². The van der Waals surface area contributed by atoms with Crippen molar-refractivity contribution in [3.8, 4) is 0 Å².